The van der Waals surface area contributed by atoms with Crippen LogP contribution in [0.15, 0.2) is 60.5 Å². The molecule has 2 aromatic rings. The van der Waals surface area contributed by atoms with Gasteiger partial charge >= 0.3 is 0 Å². The molecule has 1 N–H and O–H groups in total. The van der Waals surface area contributed by atoms with Crippen LogP contribution in [0.3, 0.4) is 0 Å². The van der Waals surface area contributed by atoms with Gasteiger partial charge in [0.1, 0.15) is 0 Å². The molecule has 1 heterocycles. The molecule has 4 nitrogen and oxygen atoms in total. The molecule has 1 aromatic heterocycles. The third-order valence-electron chi connectivity index (χ3n) is 2.71. The molecule has 2 rings (SSSR count). The normalized spacial score (nSPS) is 11.8. The van der Waals surface area contributed by atoms with Gasteiger partial charge in [-0.1, -0.05) is 36.0 Å². The number of aromatic nitrogens is 2. The van der Waals surface area contributed by atoms with E-state index in [2.05, 4.69) is 16.9 Å². The van der Waals surface area contributed by atoms with Gasteiger partial charge in [-0.25, -0.2) is 4.98 Å². The van der Waals surface area contributed by atoms with E-state index in [0.29, 0.717) is 6.54 Å². The monoisotopic (exact) mass is 287 g/mol. The number of thioether (sulfide) groups is 1. The first-order valence-corrected chi connectivity index (χ1v) is 7.24. The number of carbonyl (C=O) groups excluding carboxylic acids is 1. The highest BCUT2D eigenvalue weighted by atomic mass is 32.2. The van der Waals surface area contributed by atoms with Crippen LogP contribution in [-0.4, -0.2) is 27.3 Å². The Hall–Kier alpha value is -2.01. The van der Waals surface area contributed by atoms with E-state index in [1.54, 1.807) is 12.3 Å². The molecule has 0 saturated heterocycles. The zero-order chi connectivity index (χ0) is 14.4. The second kappa shape index (κ2) is 6.96. The average Bonchev–Trinajstić information content (AvgIpc) is 2.93. The summed E-state index contributed by atoms with van der Waals surface area (Å²) in [5, 5.41) is 3.38. The fraction of sp³-hybridized carbons (Fsp3) is 0.200. The molecule has 0 spiro atoms. The zero-order valence-corrected chi connectivity index (χ0v) is 12.1. The predicted octanol–water partition coefficient (Wildman–Crippen LogP) is 2.66. The van der Waals surface area contributed by atoms with E-state index in [1.807, 2.05) is 48.0 Å². The lowest BCUT2D eigenvalue weighted by atomic mass is 10.3. The van der Waals surface area contributed by atoms with Gasteiger partial charge in [0.05, 0.1) is 5.25 Å². The van der Waals surface area contributed by atoms with E-state index in [-0.39, 0.29) is 11.2 Å². The van der Waals surface area contributed by atoms with Gasteiger partial charge in [-0.15, -0.1) is 6.58 Å². The molecule has 5 heteroatoms. The smallest absolute Gasteiger partial charge is 0.233 e. The molecule has 0 fully saturated rings. The number of amides is 1. The van der Waals surface area contributed by atoms with Crippen LogP contribution in [0.5, 0.6) is 0 Å². The van der Waals surface area contributed by atoms with Gasteiger partial charge in [-0.2, -0.15) is 0 Å². The molecule has 20 heavy (non-hydrogen) atoms. The van der Waals surface area contributed by atoms with E-state index in [0.717, 1.165) is 10.8 Å². The van der Waals surface area contributed by atoms with Crippen molar-refractivity contribution < 1.29 is 4.79 Å². The van der Waals surface area contributed by atoms with Crippen LogP contribution in [0.2, 0.25) is 0 Å². The average molecular weight is 287 g/mol. The Morgan fingerprint density at radius 1 is 1.50 bits per heavy atom. The molecule has 0 unspecified atom stereocenters. The van der Waals surface area contributed by atoms with Crippen molar-refractivity contribution in [3.8, 4) is 5.69 Å². The number of nitrogens with one attached hydrogen (secondary N) is 1. The quantitative estimate of drug-likeness (QED) is 0.656. The lowest BCUT2D eigenvalue weighted by molar-refractivity contribution is -0.120. The number of carbonyl (C=O) groups is 1. The summed E-state index contributed by atoms with van der Waals surface area (Å²) >= 11 is 1.44. The van der Waals surface area contributed by atoms with E-state index in [4.69, 9.17) is 0 Å². The summed E-state index contributed by atoms with van der Waals surface area (Å²) in [7, 11) is 0. The van der Waals surface area contributed by atoms with Crippen molar-refractivity contribution in [1.82, 2.24) is 14.9 Å². The Labute approximate surface area is 122 Å². The van der Waals surface area contributed by atoms with Crippen molar-refractivity contribution in [1.29, 1.82) is 0 Å². The van der Waals surface area contributed by atoms with Gasteiger partial charge in [0.25, 0.3) is 0 Å². The number of hydrogen-bond donors (Lipinski definition) is 1. The second-order valence-corrected chi connectivity index (χ2v) is 5.52. The van der Waals surface area contributed by atoms with Crippen molar-refractivity contribution in [2.45, 2.75) is 17.3 Å². The minimum atomic E-state index is -0.209. The Morgan fingerprint density at radius 2 is 2.25 bits per heavy atom. The molecule has 0 aliphatic heterocycles. The standard InChI is InChI=1S/C15H17N3OS/c1-3-9-16-14(19)12(2)20-15-17-10-11-18(15)13-7-5-4-6-8-13/h3-8,10-12H,1,9H2,2H3,(H,16,19)/t12-/m1/s1. The first-order chi connectivity index (χ1) is 9.72. The molecule has 0 bridgehead atoms. The summed E-state index contributed by atoms with van der Waals surface area (Å²) in [5.74, 6) is -0.0162. The maximum Gasteiger partial charge on any atom is 0.233 e. The third kappa shape index (κ3) is 3.51. The number of rotatable bonds is 6. The van der Waals surface area contributed by atoms with E-state index >= 15 is 0 Å². The van der Waals surface area contributed by atoms with Crippen molar-refractivity contribution in [2.75, 3.05) is 6.54 Å². The van der Waals surface area contributed by atoms with Crippen LogP contribution in [0, 0.1) is 0 Å². The van der Waals surface area contributed by atoms with Crippen molar-refractivity contribution in [3.05, 3.63) is 55.4 Å². The lowest BCUT2D eigenvalue weighted by Crippen LogP contribution is -2.31. The van der Waals surface area contributed by atoms with Crippen LogP contribution in [0.4, 0.5) is 0 Å². The van der Waals surface area contributed by atoms with Crippen LogP contribution < -0.4 is 5.32 Å². The van der Waals surface area contributed by atoms with Crippen LogP contribution in [0.1, 0.15) is 6.92 Å². The summed E-state index contributed by atoms with van der Waals surface area (Å²) in [6.45, 7) is 5.93. The van der Waals surface area contributed by atoms with Gasteiger partial charge in [-0.05, 0) is 19.1 Å². The summed E-state index contributed by atoms with van der Waals surface area (Å²) in [6.07, 6.45) is 5.30. The summed E-state index contributed by atoms with van der Waals surface area (Å²) in [5.41, 5.74) is 1.03. The zero-order valence-electron chi connectivity index (χ0n) is 11.3. The largest absolute Gasteiger partial charge is 0.352 e. The molecule has 1 aromatic carbocycles. The number of nitrogens with zero attached hydrogens (tertiary/aromatic N) is 2. The molecule has 0 saturated carbocycles. The van der Waals surface area contributed by atoms with Gasteiger partial charge in [-0.3, -0.25) is 9.36 Å². The topological polar surface area (TPSA) is 46.9 Å². The molecule has 1 amide bonds. The number of para-hydroxylation sites is 1. The highest BCUT2D eigenvalue weighted by molar-refractivity contribution is 8.00. The molecule has 0 radical (unpaired) electrons. The molecule has 1 atom stereocenters. The summed E-state index contributed by atoms with van der Waals surface area (Å²) in [6, 6.07) is 9.94. The lowest BCUT2D eigenvalue weighted by Gasteiger charge is -2.12. The minimum absolute atomic E-state index is 0.0162. The highest BCUT2D eigenvalue weighted by Gasteiger charge is 2.16. The summed E-state index contributed by atoms with van der Waals surface area (Å²) < 4.78 is 1.97. The first kappa shape index (κ1) is 14.4. The minimum Gasteiger partial charge on any atom is -0.352 e. The fourth-order valence-corrected chi connectivity index (χ4v) is 2.60. The Morgan fingerprint density at radius 3 is 2.95 bits per heavy atom. The maximum absolute atomic E-state index is 11.9. The molecule has 104 valence electrons. The van der Waals surface area contributed by atoms with Gasteiger partial charge in [0.15, 0.2) is 5.16 Å². The Balaban J connectivity index is 2.09. The SMILES string of the molecule is C=CCNC(=O)[C@@H](C)Sc1nccn1-c1ccccc1. The Kier molecular flexibility index (Phi) is 5.01. The van der Waals surface area contributed by atoms with E-state index in [9.17, 15) is 4.79 Å². The highest BCUT2D eigenvalue weighted by Crippen LogP contribution is 2.24. The Bertz CT molecular complexity index is 580. The van der Waals surface area contributed by atoms with Crippen molar-refractivity contribution in [3.63, 3.8) is 0 Å². The number of hydrogen-bond acceptors (Lipinski definition) is 3. The second-order valence-electron chi connectivity index (χ2n) is 4.21. The number of imidazole rings is 1. The van der Waals surface area contributed by atoms with Crippen LogP contribution in [-0.2, 0) is 4.79 Å². The fourth-order valence-electron chi connectivity index (χ4n) is 1.69. The first-order valence-electron chi connectivity index (χ1n) is 6.36. The van der Waals surface area contributed by atoms with Crippen LogP contribution >= 0.6 is 11.8 Å². The summed E-state index contributed by atoms with van der Waals surface area (Å²) in [4.78, 5) is 16.2. The van der Waals surface area contributed by atoms with Gasteiger partial charge < -0.3 is 5.32 Å². The molecular formula is C15H17N3OS. The molecule has 0 aliphatic rings. The van der Waals surface area contributed by atoms with Crippen molar-refractivity contribution in [2.24, 2.45) is 0 Å². The van der Waals surface area contributed by atoms with E-state index < -0.39 is 0 Å². The van der Waals surface area contributed by atoms with Gasteiger partial charge in [0.2, 0.25) is 5.91 Å². The van der Waals surface area contributed by atoms with E-state index in [1.165, 1.54) is 11.8 Å². The maximum atomic E-state index is 11.9. The van der Waals surface area contributed by atoms with Crippen LogP contribution in [0.25, 0.3) is 5.69 Å². The van der Waals surface area contributed by atoms with Crippen molar-refractivity contribution >= 4 is 17.7 Å². The molecule has 0 aliphatic carbocycles. The molecular weight excluding hydrogens is 270 g/mol. The number of benzene rings is 1. The third-order valence-corrected chi connectivity index (χ3v) is 3.79. The van der Waals surface area contributed by atoms with Gasteiger partial charge in [0, 0.05) is 24.6 Å². The predicted molar refractivity (Wildman–Crippen MR) is 82.1 cm³/mol.